The second-order valence-corrected chi connectivity index (χ2v) is 8.14. The van der Waals surface area contributed by atoms with Gasteiger partial charge in [0.05, 0.1) is 32.5 Å². The van der Waals surface area contributed by atoms with Gasteiger partial charge in [-0.1, -0.05) is 22.9 Å². The van der Waals surface area contributed by atoms with Crippen molar-refractivity contribution in [2.75, 3.05) is 13.7 Å². The van der Waals surface area contributed by atoms with Gasteiger partial charge in [0.2, 0.25) is 0 Å². The molecule has 3 aromatic rings. The van der Waals surface area contributed by atoms with Crippen LogP contribution >= 0.6 is 34.3 Å². The van der Waals surface area contributed by atoms with Crippen LogP contribution in [0.15, 0.2) is 35.3 Å². The Morgan fingerprint density at radius 1 is 1.35 bits per heavy atom. The summed E-state index contributed by atoms with van der Waals surface area (Å²) in [6, 6.07) is 8.14. The Hall–Kier alpha value is -2.07. The molecule has 0 aliphatic heterocycles. The topological polar surface area (TPSA) is 86.7 Å². The summed E-state index contributed by atoms with van der Waals surface area (Å²) in [5.41, 5.74) is 0.784. The van der Waals surface area contributed by atoms with Gasteiger partial charge in [-0.3, -0.25) is 14.9 Å². The molecule has 0 atom stereocenters. The first-order valence-corrected chi connectivity index (χ1v) is 9.57. The number of nitro benzene ring substituents is 1. The summed E-state index contributed by atoms with van der Waals surface area (Å²) in [6.07, 6.45) is 0.163. The minimum Gasteiger partial charge on any atom is -0.383 e. The Bertz CT molecular complexity index is 1040. The fourth-order valence-electron chi connectivity index (χ4n) is 2.40. The zero-order valence-electron chi connectivity index (χ0n) is 13.7. The van der Waals surface area contributed by atoms with Gasteiger partial charge in [-0.2, -0.15) is 4.99 Å². The summed E-state index contributed by atoms with van der Waals surface area (Å²) >= 11 is 8.47. The number of amides is 1. The van der Waals surface area contributed by atoms with Gasteiger partial charge in [0.25, 0.3) is 11.6 Å². The molecule has 7 nitrogen and oxygen atoms in total. The third-order valence-corrected chi connectivity index (χ3v) is 5.84. The SMILES string of the molecule is COCCn1c(=NC(=O)Cc2ccc(Cl)s2)sc2cc([N+](=O)[O-])ccc21. The van der Waals surface area contributed by atoms with E-state index in [-0.39, 0.29) is 18.0 Å². The predicted molar refractivity (Wildman–Crippen MR) is 102 cm³/mol. The molecule has 1 amide bonds. The smallest absolute Gasteiger partial charge is 0.270 e. The highest BCUT2D eigenvalue weighted by Crippen LogP contribution is 2.24. The largest absolute Gasteiger partial charge is 0.383 e. The van der Waals surface area contributed by atoms with Gasteiger partial charge in [0.1, 0.15) is 0 Å². The number of thiazole rings is 1. The van der Waals surface area contributed by atoms with Crippen molar-refractivity contribution in [3.8, 4) is 0 Å². The average Bonchev–Trinajstić information content (AvgIpc) is 3.15. The van der Waals surface area contributed by atoms with Gasteiger partial charge in [0.15, 0.2) is 4.80 Å². The molecule has 10 heteroatoms. The van der Waals surface area contributed by atoms with Crippen molar-refractivity contribution in [1.29, 1.82) is 0 Å². The van der Waals surface area contributed by atoms with Gasteiger partial charge < -0.3 is 9.30 Å². The lowest BCUT2D eigenvalue weighted by Crippen LogP contribution is -2.19. The number of fused-ring (bicyclic) bond motifs is 1. The average molecular weight is 412 g/mol. The summed E-state index contributed by atoms with van der Waals surface area (Å²) in [5, 5.41) is 11.0. The molecule has 0 saturated carbocycles. The van der Waals surface area contributed by atoms with Crippen molar-refractivity contribution in [2.24, 2.45) is 4.99 Å². The normalized spacial score (nSPS) is 12.0. The number of hydrogen-bond donors (Lipinski definition) is 0. The molecule has 136 valence electrons. The second-order valence-electron chi connectivity index (χ2n) is 5.33. The van der Waals surface area contributed by atoms with Crippen LogP contribution in [0.3, 0.4) is 0 Å². The van der Waals surface area contributed by atoms with E-state index in [0.29, 0.717) is 27.0 Å². The summed E-state index contributed by atoms with van der Waals surface area (Å²) in [4.78, 5) is 28.4. The number of nitro groups is 1. The van der Waals surface area contributed by atoms with E-state index in [1.807, 2.05) is 4.57 Å². The van der Waals surface area contributed by atoms with Crippen molar-refractivity contribution in [1.82, 2.24) is 4.57 Å². The van der Waals surface area contributed by atoms with E-state index in [9.17, 15) is 14.9 Å². The lowest BCUT2D eigenvalue weighted by atomic mass is 10.3. The first-order chi connectivity index (χ1) is 12.5. The maximum absolute atomic E-state index is 12.3. The number of ether oxygens (including phenoxy) is 1. The zero-order chi connectivity index (χ0) is 18.7. The van der Waals surface area contributed by atoms with E-state index in [1.165, 1.54) is 34.8 Å². The molecule has 26 heavy (non-hydrogen) atoms. The number of non-ortho nitro benzene ring substituents is 1. The summed E-state index contributed by atoms with van der Waals surface area (Å²) in [6.45, 7) is 0.927. The van der Waals surface area contributed by atoms with Crippen LogP contribution in [0.5, 0.6) is 0 Å². The quantitative estimate of drug-likeness (QED) is 0.457. The van der Waals surface area contributed by atoms with E-state index >= 15 is 0 Å². The first-order valence-electron chi connectivity index (χ1n) is 7.56. The predicted octanol–water partition coefficient (Wildman–Crippen LogP) is 3.64. The highest BCUT2D eigenvalue weighted by atomic mass is 35.5. The van der Waals surface area contributed by atoms with E-state index in [4.69, 9.17) is 16.3 Å². The van der Waals surface area contributed by atoms with Crippen molar-refractivity contribution >= 4 is 56.1 Å². The minimum absolute atomic E-state index is 0.00347. The van der Waals surface area contributed by atoms with Crippen molar-refractivity contribution < 1.29 is 14.5 Å². The molecular formula is C16H14ClN3O4S2. The molecule has 0 saturated heterocycles. The molecule has 0 spiro atoms. The zero-order valence-corrected chi connectivity index (χ0v) is 16.1. The molecule has 0 aliphatic rings. The van der Waals surface area contributed by atoms with Crippen LogP contribution in [0, 0.1) is 10.1 Å². The molecule has 0 N–H and O–H groups in total. The molecule has 3 rings (SSSR count). The minimum atomic E-state index is -0.443. The second kappa shape index (κ2) is 8.09. The fraction of sp³-hybridized carbons (Fsp3) is 0.250. The number of thiophene rings is 1. The molecule has 2 heterocycles. The highest BCUT2D eigenvalue weighted by Gasteiger charge is 2.13. The lowest BCUT2D eigenvalue weighted by molar-refractivity contribution is -0.384. The number of nitrogens with zero attached hydrogens (tertiary/aromatic N) is 3. The number of carbonyl (C=O) groups is 1. The number of halogens is 1. The Morgan fingerprint density at radius 2 is 2.15 bits per heavy atom. The van der Waals surface area contributed by atoms with Crippen molar-refractivity contribution in [3.05, 3.63) is 54.5 Å². The van der Waals surface area contributed by atoms with Crippen molar-refractivity contribution in [2.45, 2.75) is 13.0 Å². The van der Waals surface area contributed by atoms with E-state index < -0.39 is 4.92 Å². The first kappa shape index (κ1) is 18.7. The lowest BCUT2D eigenvalue weighted by Gasteiger charge is -2.04. The molecule has 0 radical (unpaired) electrons. The Balaban J connectivity index is 2.01. The van der Waals surface area contributed by atoms with Crippen LogP contribution in [0.25, 0.3) is 10.2 Å². The van der Waals surface area contributed by atoms with Gasteiger partial charge in [-0.05, 0) is 18.2 Å². The van der Waals surface area contributed by atoms with Gasteiger partial charge in [-0.25, -0.2) is 0 Å². The van der Waals surface area contributed by atoms with Crippen LogP contribution in [-0.4, -0.2) is 29.1 Å². The summed E-state index contributed by atoms with van der Waals surface area (Å²) in [7, 11) is 1.59. The number of carbonyl (C=O) groups excluding carboxylic acids is 1. The third kappa shape index (κ3) is 4.18. The monoisotopic (exact) mass is 411 g/mol. The number of aromatic nitrogens is 1. The van der Waals surface area contributed by atoms with Crippen molar-refractivity contribution in [3.63, 3.8) is 0 Å². The van der Waals surface area contributed by atoms with Gasteiger partial charge >= 0.3 is 0 Å². The van der Waals surface area contributed by atoms with Gasteiger partial charge in [-0.15, -0.1) is 11.3 Å². The molecular weight excluding hydrogens is 398 g/mol. The van der Waals surface area contributed by atoms with Crippen LogP contribution in [0.4, 0.5) is 5.69 Å². The summed E-state index contributed by atoms with van der Waals surface area (Å²) < 4.78 is 8.28. The number of rotatable bonds is 6. The number of hydrogen-bond acceptors (Lipinski definition) is 6. The van der Waals surface area contributed by atoms with E-state index in [1.54, 1.807) is 25.3 Å². The highest BCUT2D eigenvalue weighted by molar-refractivity contribution is 7.16. The molecule has 0 unspecified atom stereocenters. The fourth-order valence-corrected chi connectivity index (χ4v) is 4.59. The third-order valence-electron chi connectivity index (χ3n) is 3.57. The Morgan fingerprint density at radius 3 is 2.81 bits per heavy atom. The molecule has 2 aromatic heterocycles. The van der Waals surface area contributed by atoms with E-state index in [0.717, 1.165) is 10.4 Å². The Labute approximate surface area is 161 Å². The number of benzene rings is 1. The maximum atomic E-state index is 12.3. The maximum Gasteiger partial charge on any atom is 0.270 e. The molecule has 0 fully saturated rings. The van der Waals surface area contributed by atoms with Crippen LogP contribution in [0.2, 0.25) is 4.34 Å². The molecule has 0 aliphatic carbocycles. The Kier molecular flexibility index (Phi) is 5.82. The molecule has 0 bridgehead atoms. The van der Waals surface area contributed by atoms with Crippen LogP contribution in [-0.2, 0) is 22.5 Å². The number of methoxy groups -OCH3 is 1. The molecule has 1 aromatic carbocycles. The standard InChI is InChI=1S/C16H14ClN3O4S2/c1-24-7-6-19-12-4-2-10(20(22)23)8-13(12)26-16(19)18-15(21)9-11-3-5-14(17)25-11/h2-5,8H,6-7,9H2,1H3. The van der Waals surface area contributed by atoms with Crippen LogP contribution < -0.4 is 4.80 Å². The van der Waals surface area contributed by atoms with Gasteiger partial charge in [0, 0.05) is 30.7 Å². The van der Waals surface area contributed by atoms with E-state index in [2.05, 4.69) is 4.99 Å². The summed E-state index contributed by atoms with van der Waals surface area (Å²) in [5.74, 6) is -0.296. The van der Waals surface area contributed by atoms with Crippen LogP contribution in [0.1, 0.15) is 4.88 Å².